The zero-order chi connectivity index (χ0) is 21.8. The van der Waals surface area contributed by atoms with Gasteiger partial charge in [-0.1, -0.05) is 31.0 Å². The first kappa shape index (κ1) is 21.5. The third-order valence-corrected chi connectivity index (χ3v) is 7.72. The van der Waals surface area contributed by atoms with Gasteiger partial charge < -0.3 is 9.64 Å². The summed E-state index contributed by atoms with van der Waals surface area (Å²) in [7, 11) is -3.57. The number of carbonyl (C=O) groups excluding carboxylic acids is 2. The van der Waals surface area contributed by atoms with Crippen molar-refractivity contribution in [2.45, 2.75) is 37.0 Å². The topological polar surface area (TPSA) is 84.0 Å². The van der Waals surface area contributed by atoms with Gasteiger partial charge in [0.1, 0.15) is 0 Å². The van der Waals surface area contributed by atoms with Gasteiger partial charge in [-0.3, -0.25) is 4.79 Å². The van der Waals surface area contributed by atoms with Gasteiger partial charge in [0.15, 0.2) is 6.61 Å². The van der Waals surface area contributed by atoms with E-state index in [2.05, 4.69) is 0 Å². The summed E-state index contributed by atoms with van der Waals surface area (Å²) in [6.07, 6.45) is 4.58. The molecule has 7 nitrogen and oxygen atoms in total. The number of hydrogen-bond donors (Lipinski definition) is 0. The quantitative estimate of drug-likeness (QED) is 0.665. The van der Waals surface area contributed by atoms with E-state index in [0.717, 1.165) is 43.4 Å². The van der Waals surface area contributed by atoms with Crippen LogP contribution in [0.3, 0.4) is 0 Å². The molecular weight excluding hydrogens is 416 g/mol. The number of benzene rings is 2. The van der Waals surface area contributed by atoms with Gasteiger partial charge in [0.05, 0.1) is 10.5 Å². The molecule has 4 rings (SSSR count). The standard InChI is InChI=1S/C23H26N2O5S/c26-22(25-16-13-18-7-3-4-8-21(18)25)17-30-23(27)19-9-11-20(12-10-19)31(28,29)24-14-5-1-2-6-15-24/h3-4,7-12H,1-2,5-6,13-17H2. The molecule has 0 N–H and O–H groups in total. The molecule has 0 spiro atoms. The fourth-order valence-corrected chi connectivity index (χ4v) is 5.60. The van der Waals surface area contributed by atoms with E-state index >= 15 is 0 Å². The van der Waals surface area contributed by atoms with Gasteiger partial charge in [0, 0.05) is 25.3 Å². The number of fused-ring (bicyclic) bond motifs is 1. The van der Waals surface area contributed by atoms with Gasteiger partial charge in [-0.15, -0.1) is 0 Å². The van der Waals surface area contributed by atoms with Crippen LogP contribution < -0.4 is 4.90 Å². The van der Waals surface area contributed by atoms with Crippen molar-refractivity contribution in [3.8, 4) is 0 Å². The smallest absolute Gasteiger partial charge is 0.338 e. The Morgan fingerprint density at radius 3 is 2.26 bits per heavy atom. The molecule has 8 heteroatoms. The Balaban J connectivity index is 1.37. The lowest BCUT2D eigenvalue weighted by atomic mass is 10.2. The third-order valence-electron chi connectivity index (χ3n) is 5.81. The maximum absolute atomic E-state index is 12.8. The summed E-state index contributed by atoms with van der Waals surface area (Å²) in [5.41, 5.74) is 2.17. The molecule has 0 saturated carbocycles. The van der Waals surface area contributed by atoms with Crippen LogP contribution >= 0.6 is 0 Å². The summed E-state index contributed by atoms with van der Waals surface area (Å²) in [5, 5.41) is 0. The first-order valence-corrected chi connectivity index (χ1v) is 12.1. The van der Waals surface area contributed by atoms with E-state index in [4.69, 9.17) is 4.74 Å². The number of sulfonamides is 1. The number of hydrogen-bond acceptors (Lipinski definition) is 5. The summed E-state index contributed by atoms with van der Waals surface area (Å²) in [6, 6.07) is 13.4. The van der Waals surface area contributed by atoms with Crippen LogP contribution in [0.25, 0.3) is 0 Å². The summed E-state index contributed by atoms with van der Waals surface area (Å²) in [6.45, 7) is 1.25. The summed E-state index contributed by atoms with van der Waals surface area (Å²) in [4.78, 5) is 26.6. The molecule has 2 aromatic carbocycles. The zero-order valence-corrected chi connectivity index (χ0v) is 18.1. The van der Waals surface area contributed by atoms with E-state index in [0.29, 0.717) is 19.6 Å². The molecule has 1 fully saturated rings. The van der Waals surface area contributed by atoms with Crippen molar-refractivity contribution < 1.29 is 22.7 Å². The first-order chi connectivity index (χ1) is 15.0. The summed E-state index contributed by atoms with van der Waals surface area (Å²) < 4.78 is 32.4. The molecule has 0 unspecified atom stereocenters. The number of rotatable bonds is 5. The van der Waals surface area contributed by atoms with Crippen LogP contribution in [0.15, 0.2) is 53.4 Å². The Morgan fingerprint density at radius 2 is 1.55 bits per heavy atom. The number of esters is 1. The SMILES string of the molecule is O=C(OCC(=O)N1CCc2ccccc21)c1ccc(S(=O)(=O)N2CCCCCC2)cc1. The number of anilines is 1. The molecule has 2 aliphatic heterocycles. The van der Waals surface area contributed by atoms with Crippen molar-refractivity contribution in [2.24, 2.45) is 0 Å². The van der Waals surface area contributed by atoms with Crippen LogP contribution in [0.2, 0.25) is 0 Å². The van der Waals surface area contributed by atoms with E-state index < -0.39 is 16.0 Å². The van der Waals surface area contributed by atoms with Gasteiger partial charge >= 0.3 is 5.97 Å². The minimum Gasteiger partial charge on any atom is -0.452 e. The predicted octanol–water partition coefficient (Wildman–Crippen LogP) is 3.00. The van der Waals surface area contributed by atoms with E-state index in [1.165, 1.54) is 28.6 Å². The summed E-state index contributed by atoms with van der Waals surface area (Å²) >= 11 is 0. The van der Waals surface area contributed by atoms with Crippen molar-refractivity contribution >= 4 is 27.6 Å². The second kappa shape index (κ2) is 9.20. The highest BCUT2D eigenvalue weighted by Gasteiger charge is 2.27. The highest BCUT2D eigenvalue weighted by molar-refractivity contribution is 7.89. The second-order valence-electron chi connectivity index (χ2n) is 7.84. The Bertz CT molecular complexity index is 1060. The lowest BCUT2D eigenvalue weighted by Crippen LogP contribution is -2.33. The molecule has 31 heavy (non-hydrogen) atoms. The highest BCUT2D eigenvalue weighted by atomic mass is 32.2. The largest absolute Gasteiger partial charge is 0.452 e. The molecule has 2 aromatic rings. The first-order valence-electron chi connectivity index (χ1n) is 10.6. The number of para-hydroxylation sites is 1. The van der Waals surface area contributed by atoms with Gasteiger partial charge in [-0.2, -0.15) is 4.31 Å². The number of nitrogens with zero attached hydrogens (tertiary/aromatic N) is 2. The monoisotopic (exact) mass is 442 g/mol. The lowest BCUT2D eigenvalue weighted by molar-refractivity contribution is -0.121. The number of ether oxygens (including phenoxy) is 1. The van der Waals surface area contributed by atoms with Crippen molar-refractivity contribution in [1.29, 1.82) is 0 Å². The van der Waals surface area contributed by atoms with E-state index in [1.807, 2.05) is 24.3 Å². The minimum atomic E-state index is -3.57. The van der Waals surface area contributed by atoms with Crippen LogP contribution in [0.4, 0.5) is 5.69 Å². The van der Waals surface area contributed by atoms with Crippen LogP contribution in [-0.2, 0) is 26.0 Å². The zero-order valence-electron chi connectivity index (χ0n) is 17.3. The third kappa shape index (κ3) is 4.65. The lowest BCUT2D eigenvalue weighted by Gasteiger charge is -2.20. The van der Waals surface area contributed by atoms with E-state index in [1.54, 1.807) is 4.90 Å². The average molecular weight is 443 g/mol. The summed E-state index contributed by atoms with van der Waals surface area (Å²) in [5.74, 6) is -0.932. The normalized spacial score (nSPS) is 17.1. The average Bonchev–Trinajstić information content (AvgIpc) is 3.02. The van der Waals surface area contributed by atoms with Crippen LogP contribution in [0.1, 0.15) is 41.6 Å². The highest BCUT2D eigenvalue weighted by Crippen LogP contribution is 2.27. The van der Waals surface area contributed by atoms with Gasteiger partial charge in [0.25, 0.3) is 5.91 Å². The van der Waals surface area contributed by atoms with Crippen LogP contribution in [0, 0.1) is 0 Å². The Hall–Kier alpha value is -2.71. The van der Waals surface area contributed by atoms with Crippen molar-refractivity contribution in [3.05, 3.63) is 59.7 Å². The van der Waals surface area contributed by atoms with Crippen molar-refractivity contribution in [3.63, 3.8) is 0 Å². The Labute approximate surface area is 182 Å². The predicted molar refractivity (Wildman–Crippen MR) is 116 cm³/mol. The van der Waals surface area contributed by atoms with Crippen LogP contribution in [-0.4, -0.2) is 50.8 Å². The number of amides is 1. The molecule has 0 aromatic heterocycles. The van der Waals surface area contributed by atoms with Crippen molar-refractivity contribution in [2.75, 3.05) is 31.1 Å². The van der Waals surface area contributed by atoms with Gasteiger partial charge in [-0.05, 0) is 55.2 Å². The molecule has 1 saturated heterocycles. The maximum atomic E-state index is 12.8. The molecule has 1 amide bonds. The molecule has 0 atom stereocenters. The minimum absolute atomic E-state index is 0.163. The van der Waals surface area contributed by atoms with Gasteiger partial charge in [-0.25, -0.2) is 13.2 Å². The van der Waals surface area contributed by atoms with Gasteiger partial charge in [0.2, 0.25) is 10.0 Å². The molecule has 0 bridgehead atoms. The fourth-order valence-electron chi connectivity index (χ4n) is 4.08. The maximum Gasteiger partial charge on any atom is 0.338 e. The molecule has 0 aliphatic carbocycles. The van der Waals surface area contributed by atoms with E-state index in [9.17, 15) is 18.0 Å². The van der Waals surface area contributed by atoms with Crippen molar-refractivity contribution in [1.82, 2.24) is 4.31 Å². The molecule has 2 aliphatic rings. The Morgan fingerprint density at radius 1 is 0.871 bits per heavy atom. The van der Waals surface area contributed by atoms with E-state index in [-0.39, 0.29) is 23.0 Å². The molecule has 164 valence electrons. The number of carbonyl (C=O) groups is 2. The molecule has 2 heterocycles. The second-order valence-corrected chi connectivity index (χ2v) is 9.78. The van der Waals surface area contributed by atoms with Crippen LogP contribution in [0.5, 0.6) is 0 Å². The Kier molecular flexibility index (Phi) is 6.38. The molecular formula is C23H26N2O5S. The molecule has 0 radical (unpaired) electrons. The fraction of sp³-hybridized carbons (Fsp3) is 0.391.